The minimum Gasteiger partial charge on any atom is -0.480 e. The molecule has 3 saturated heterocycles. The van der Waals surface area contributed by atoms with Crippen LogP contribution in [0, 0.1) is 5.92 Å². The van der Waals surface area contributed by atoms with E-state index in [1.54, 1.807) is 18.7 Å². The number of β-lactam (4-membered cyclic amide) rings is 1. The third kappa shape index (κ3) is 2.67. The summed E-state index contributed by atoms with van der Waals surface area (Å²) in [5.41, 5.74) is 0. The Hall–Kier alpha value is -0.440. The first kappa shape index (κ1) is 15.5. The number of aliphatic carboxylic acids is 1. The largest absolute Gasteiger partial charge is 0.480 e. The van der Waals surface area contributed by atoms with E-state index >= 15 is 0 Å². The molecule has 3 heterocycles. The zero-order valence-electron chi connectivity index (χ0n) is 11.8. The topological polar surface area (TPSA) is 89.9 Å². The number of rotatable bonds is 4. The van der Waals surface area contributed by atoms with Crippen molar-refractivity contribution in [2.45, 2.75) is 47.1 Å². The molecule has 0 aromatic rings. The maximum Gasteiger partial charge on any atom is 0.328 e. The van der Waals surface area contributed by atoms with Gasteiger partial charge in [0, 0.05) is 5.25 Å². The van der Waals surface area contributed by atoms with Gasteiger partial charge in [-0.25, -0.2) is 4.79 Å². The van der Waals surface area contributed by atoms with Crippen LogP contribution < -0.4 is 5.32 Å². The molecule has 0 aromatic carbocycles. The van der Waals surface area contributed by atoms with Crippen molar-refractivity contribution in [2.75, 3.05) is 13.1 Å². The van der Waals surface area contributed by atoms with Crippen LogP contribution >= 0.6 is 23.5 Å². The molecule has 0 bridgehead atoms. The van der Waals surface area contributed by atoms with Crippen LogP contribution in [0.1, 0.15) is 19.8 Å². The molecule has 3 aliphatic rings. The second-order valence-electron chi connectivity index (χ2n) is 5.78. The summed E-state index contributed by atoms with van der Waals surface area (Å²) in [6.07, 6.45) is 1.35. The van der Waals surface area contributed by atoms with Crippen LogP contribution in [-0.4, -0.2) is 67.4 Å². The molecule has 0 aliphatic carbocycles. The highest BCUT2D eigenvalue weighted by atomic mass is 32.2. The fraction of sp³-hybridized carbons (Fsp3) is 0.846. The minimum atomic E-state index is -0.936. The zero-order valence-corrected chi connectivity index (χ0v) is 13.4. The normalized spacial score (nSPS) is 38.0. The van der Waals surface area contributed by atoms with Crippen molar-refractivity contribution in [3.63, 3.8) is 0 Å². The lowest BCUT2D eigenvalue weighted by molar-refractivity contribution is -0.166. The number of nitrogens with zero attached hydrogens (tertiary/aromatic N) is 1. The number of carbonyl (C=O) groups is 2. The van der Waals surface area contributed by atoms with Gasteiger partial charge < -0.3 is 20.4 Å². The van der Waals surface area contributed by atoms with Crippen molar-refractivity contribution >= 4 is 35.4 Å². The molecular formula is C13H20N2O4S2. The Morgan fingerprint density at radius 3 is 2.71 bits per heavy atom. The van der Waals surface area contributed by atoms with Gasteiger partial charge in [-0.1, -0.05) is 0 Å². The Balaban J connectivity index is 1.71. The van der Waals surface area contributed by atoms with Gasteiger partial charge in [0.25, 0.3) is 0 Å². The standard InChI is InChI=1S/C13H20N2O4S2/c1-6(16)8-10(17)15-9(12(18)19)13(21-11(8)15)20-7-2-4-14-5-3-7/h6-9,11,13-14,16H,2-5H2,1H3,(H,18,19)/t6?,8?,9?,11-,13?/m1/s1. The molecule has 3 aliphatic heterocycles. The first-order valence-electron chi connectivity index (χ1n) is 7.25. The summed E-state index contributed by atoms with van der Waals surface area (Å²) in [6, 6.07) is -0.762. The molecule has 4 unspecified atom stereocenters. The average molecular weight is 332 g/mol. The lowest BCUT2D eigenvalue weighted by Crippen LogP contribution is -2.64. The van der Waals surface area contributed by atoms with E-state index in [9.17, 15) is 19.8 Å². The average Bonchev–Trinajstić information content (AvgIpc) is 2.74. The van der Waals surface area contributed by atoms with E-state index in [1.165, 1.54) is 16.7 Å². The smallest absolute Gasteiger partial charge is 0.328 e. The van der Waals surface area contributed by atoms with E-state index in [4.69, 9.17) is 0 Å². The number of aliphatic hydroxyl groups is 1. The van der Waals surface area contributed by atoms with Crippen molar-refractivity contribution in [1.82, 2.24) is 10.2 Å². The molecule has 21 heavy (non-hydrogen) atoms. The van der Waals surface area contributed by atoms with E-state index < -0.39 is 24.0 Å². The number of hydrogen-bond donors (Lipinski definition) is 3. The fourth-order valence-electron chi connectivity index (χ4n) is 3.21. The number of carboxylic acid groups (broad SMARTS) is 1. The Morgan fingerprint density at radius 1 is 1.48 bits per heavy atom. The highest BCUT2D eigenvalue weighted by Gasteiger charge is 2.62. The molecular weight excluding hydrogens is 312 g/mol. The molecule has 8 heteroatoms. The number of hydrogen-bond acceptors (Lipinski definition) is 6. The Kier molecular flexibility index (Phi) is 4.40. The molecule has 0 aromatic heterocycles. The minimum absolute atomic E-state index is 0.136. The first-order valence-corrected chi connectivity index (χ1v) is 9.14. The van der Waals surface area contributed by atoms with E-state index in [1.807, 2.05) is 0 Å². The molecule has 3 N–H and O–H groups in total. The number of piperidine rings is 1. The van der Waals surface area contributed by atoms with E-state index in [0.29, 0.717) is 5.25 Å². The van der Waals surface area contributed by atoms with Gasteiger partial charge in [-0.15, -0.1) is 23.5 Å². The lowest BCUT2D eigenvalue weighted by atomic mass is 9.91. The van der Waals surface area contributed by atoms with E-state index in [-0.39, 0.29) is 15.9 Å². The molecule has 0 radical (unpaired) electrons. The van der Waals surface area contributed by atoms with Crippen LogP contribution in [0.15, 0.2) is 0 Å². The maximum atomic E-state index is 12.1. The van der Waals surface area contributed by atoms with Gasteiger partial charge in [0.15, 0.2) is 6.04 Å². The van der Waals surface area contributed by atoms with Gasteiger partial charge >= 0.3 is 5.97 Å². The molecule has 3 fully saturated rings. The van der Waals surface area contributed by atoms with E-state index in [0.717, 1.165) is 25.9 Å². The first-order chi connectivity index (χ1) is 10.0. The Morgan fingerprint density at radius 2 is 2.14 bits per heavy atom. The molecule has 3 rings (SSSR count). The number of thioether (sulfide) groups is 2. The van der Waals surface area contributed by atoms with Crippen LogP contribution in [0.4, 0.5) is 0 Å². The highest BCUT2D eigenvalue weighted by molar-refractivity contribution is 8.18. The maximum absolute atomic E-state index is 12.1. The third-order valence-electron chi connectivity index (χ3n) is 4.34. The number of aliphatic hydroxyl groups excluding tert-OH is 1. The number of carboxylic acids is 1. The van der Waals surface area contributed by atoms with Crippen molar-refractivity contribution < 1.29 is 19.8 Å². The predicted octanol–water partition coefficient (Wildman–Crippen LogP) is 0.163. The van der Waals surface area contributed by atoms with Crippen LogP contribution in [0.3, 0.4) is 0 Å². The van der Waals surface area contributed by atoms with Crippen molar-refractivity contribution in [3.8, 4) is 0 Å². The molecule has 0 spiro atoms. The summed E-state index contributed by atoms with van der Waals surface area (Å²) >= 11 is 3.23. The van der Waals surface area contributed by atoms with Crippen LogP contribution in [0.25, 0.3) is 0 Å². The Labute approximate surface area is 132 Å². The summed E-state index contributed by atoms with van der Waals surface area (Å²) in [4.78, 5) is 25.1. The van der Waals surface area contributed by atoms with Gasteiger partial charge in [-0.3, -0.25) is 4.79 Å². The van der Waals surface area contributed by atoms with Crippen molar-refractivity contribution in [3.05, 3.63) is 0 Å². The monoisotopic (exact) mass is 332 g/mol. The predicted molar refractivity (Wildman–Crippen MR) is 82.1 cm³/mol. The molecule has 1 amide bonds. The number of carbonyl (C=O) groups excluding carboxylic acids is 1. The summed E-state index contributed by atoms with van der Waals surface area (Å²) in [5.74, 6) is -1.60. The zero-order chi connectivity index (χ0) is 15.1. The van der Waals surface area contributed by atoms with Gasteiger partial charge in [-0.05, 0) is 32.9 Å². The van der Waals surface area contributed by atoms with Gasteiger partial charge in [0.05, 0.1) is 22.0 Å². The second-order valence-corrected chi connectivity index (χ2v) is 8.78. The van der Waals surface area contributed by atoms with Gasteiger partial charge in [0.2, 0.25) is 5.91 Å². The van der Waals surface area contributed by atoms with Crippen LogP contribution in [0.5, 0.6) is 0 Å². The molecule has 0 saturated carbocycles. The number of fused-ring (bicyclic) bond motifs is 1. The highest BCUT2D eigenvalue weighted by Crippen LogP contribution is 2.53. The number of amides is 1. The van der Waals surface area contributed by atoms with Gasteiger partial charge in [0.1, 0.15) is 0 Å². The van der Waals surface area contributed by atoms with Crippen LogP contribution in [0.2, 0.25) is 0 Å². The van der Waals surface area contributed by atoms with Crippen LogP contribution in [-0.2, 0) is 9.59 Å². The van der Waals surface area contributed by atoms with Gasteiger partial charge in [-0.2, -0.15) is 0 Å². The quantitative estimate of drug-likeness (QED) is 0.632. The summed E-state index contributed by atoms with van der Waals surface area (Å²) < 4.78 is -0.136. The summed E-state index contributed by atoms with van der Waals surface area (Å²) in [6.45, 7) is 3.54. The lowest BCUT2D eigenvalue weighted by Gasteiger charge is -2.44. The molecule has 6 nitrogen and oxygen atoms in total. The summed E-state index contributed by atoms with van der Waals surface area (Å²) in [5, 5.41) is 22.7. The molecule has 5 atom stereocenters. The fourth-order valence-corrected chi connectivity index (χ4v) is 7.11. The summed E-state index contributed by atoms with van der Waals surface area (Å²) in [7, 11) is 0. The number of nitrogens with one attached hydrogen (secondary N) is 1. The van der Waals surface area contributed by atoms with Crippen molar-refractivity contribution in [2.24, 2.45) is 5.92 Å². The third-order valence-corrected chi connectivity index (χ3v) is 7.71. The second kappa shape index (κ2) is 5.98. The van der Waals surface area contributed by atoms with Crippen molar-refractivity contribution in [1.29, 1.82) is 0 Å². The SMILES string of the molecule is CC(O)C1C(=O)N2C(C(=O)O)C(SC3CCNCC3)S[C@H]12. The Bertz CT molecular complexity index is 442. The molecule has 118 valence electrons. The van der Waals surface area contributed by atoms with E-state index in [2.05, 4.69) is 5.32 Å².